The zero-order valence-electron chi connectivity index (χ0n) is 13.3. The molecular weight excluding hydrogens is 260 g/mol. The normalized spacial score (nSPS) is 23.8. The molecular formula is C18H24N2O. The van der Waals surface area contributed by atoms with E-state index < -0.39 is 0 Å². The first-order valence-corrected chi connectivity index (χ1v) is 7.78. The predicted molar refractivity (Wildman–Crippen MR) is 86.8 cm³/mol. The number of nitrogens with zero attached hydrogens (tertiary/aromatic N) is 1. The Balaban J connectivity index is 1.85. The van der Waals surface area contributed by atoms with Crippen molar-refractivity contribution in [2.24, 2.45) is 5.41 Å². The van der Waals surface area contributed by atoms with Crippen LogP contribution in [-0.2, 0) is 0 Å². The summed E-state index contributed by atoms with van der Waals surface area (Å²) >= 11 is 0. The van der Waals surface area contributed by atoms with Gasteiger partial charge in [0.05, 0.1) is 0 Å². The molecule has 0 saturated heterocycles. The van der Waals surface area contributed by atoms with E-state index in [2.05, 4.69) is 43.2 Å². The fourth-order valence-electron chi connectivity index (χ4n) is 3.14. The van der Waals surface area contributed by atoms with E-state index in [1.165, 1.54) is 0 Å². The fraction of sp³-hybridized carbons (Fsp3) is 0.500. The number of benzene rings is 1. The van der Waals surface area contributed by atoms with Crippen LogP contribution in [0.5, 0.6) is 5.75 Å². The molecule has 1 saturated carbocycles. The Morgan fingerprint density at radius 1 is 1.29 bits per heavy atom. The minimum atomic E-state index is 0.155. The predicted octanol–water partition coefficient (Wildman–Crippen LogP) is 3.70. The first-order valence-electron chi connectivity index (χ1n) is 7.78. The highest BCUT2D eigenvalue weighted by atomic mass is 16.5. The van der Waals surface area contributed by atoms with Gasteiger partial charge in [-0.3, -0.25) is 0 Å². The summed E-state index contributed by atoms with van der Waals surface area (Å²) in [6, 6.07) is 10.9. The summed E-state index contributed by atoms with van der Waals surface area (Å²) in [7, 11) is 0. The van der Waals surface area contributed by atoms with Gasteiger partial charge in [-0.2, -0.15) is 0 Å². The summed E-state index contributed by atoms with van der Waals surface area (Å²) in [5, 5.41) is 4.68. The number of aromatic nitrogens is 1. The lowest BCUT2D eigenvalue weighted by molar-refractivity contribution is -0.0534. The summed E-state index contributed by atoms with van der Waals surface area (Å²) in [6.07, 6.45) is 1.30. The highest BCUT2D eigenvalue weighted by molar-refractivity contribution is 5.84. The van der Waals surface area contributed by atoms with Gasteiger partial charge >= 0.3 is 0 Å². The highest BCUT2D eigenvalue weighted by Gasteiger charge is 2.49. The van der Waals surface area contributed by atoms with Crippen molar-refractivity contribution in [1.82, 2.24) is 10.3 Å². The summed E-state index contributed by atoms with van der Waals surface area (Å²) < 4.78 is 6.31. The molecule has 0 spiro atoms. The van der Waals surface area contributed by atoms with Crippen molar-refractivity contribution < 1.29 is 4.74 Å². The number of pyridine rings is 1. The van der Waals surface area contributed by atoms with E-state index >= 15 is 0 Å². The number of hydrogen-bond acceptors (Lipinski definition) is 3. The van der Waals surface area contributed by atoms with Crippen LogP contribution in [-0.4, -0.2) is 23.7 Å². The molecule has 1 aliphatic carbocycles. The molecule has 1 aromatic carbocycles. The van der Waals surface area contributed by atoms with E-state index in [1.807, 2.05) is 25.1 Å². The number of ether oxygens (including phenoxy) is 1. The monoisotopic (exact) mass is 284 g/mol. The molecule has 3 nitrogen and oxygen atoms in total. The summed E-state index contributed by atoms with van der Waals surface area (Å²) in [4.78, 5) is 4.65. The van der Waals surface area contributed by atoms with Crippen LogP contribution in [0.15, 0.2) is 30.3 Å². The highest BCUT2D eigenvalue weighted by Crippen LogP contribution is 2.43. The number of rotatable bonds is 4. The number of nitrogens with one attached hydrogen (secondary N) is 1. The molecule has 1 aromatic heterocycles. The number of fused-ring (bicyclic) bond motifs is 1. The van der Waals surface area contributed by atoms with Crippen LogP contribution < -0.4 is 10.1 Å². The SMILES string of the molecule is CCNC1CC(Oc2cccc3ccc(C)nc23)C1(C)C. The van der Waals surface area contributed by atoms with Crippen molar-refractivity contribution in [3.63, 3.8) is 0 Å². The van der Waals surface area contributed by atoms with Gasteiger partial charge in [0.25, 0.3) is 0 Å². The lowest BCUT2D eigenvalue weighted by atomic mass is 9.64. The zero-order valence-corrected chi connectivity index (χ0v) is 13.3. The lowest BCUT2D eigenvalue weighted by Crippen LogP contribution is -2.62. The number of para-hydroxylation sites is 1. The van der Waals surface area contributed by atoms with E-state index in [1.54, 1.807) is 0 Å². The second-order valence-electron chi connectivity index (χ2n) is 6.55. The standard InChI is InChI=1S/C18H24N2O/c1-5-19-15-11-16(18(15,3)4)21-14-8-6-7-13-10-9-12(2)20-17(13)14/h6-10,15-16,19H,5,11H2,1-4H3. The second kappa shape index (κ2) is 5.30. The van der Waals surface area contributed by atoms with Crippen molar-refractivity contribution in [2.45, 2.75) is 46.3 Å². The molecule has 1 fully saturated rings. The molecule has 0 aliphatic heterocycles. The maximum absolute atomic E-state index is 6.31. The van der Waals surface area contributed by atoms with Crippen molar-refractivity contribution >= 4 is 10.9 Å². The van der Waals surface area contributed by atoms with Crippen molar-refractivity contribution in [2.75, 3.05) is 6.54 Å². The molecule has 1 aliphatic rings. The van der Waals surface area contributed by atoms with Crippen molar-refractivity contribution in [1.29, 1.82) is 0 Å². The molecule has 1 heterocycles. The van der Waals surface area contributed by atoms with Gasteiger partial charge in [-0.15, -0.1) is 0 Å². The quantitative estimate of drug-likeness (QED) is 0.929. The van der Waals surface area contributed by atoms with E-state index in [9.17, 15) is 0 Å². The van der Waals surface area contributed by atoms with Gasteiger partial charge < -0.3 is 10.1 Å². The van der Waals surface area contributed by atoms with Crippen LogP contribution in [0.4, 0.5) is 0 Å². The Labute approximate surface area is 126 Å². The average Bonchev–Trinajstić information content (AvgIpc) is 2.46. The molecule has 3 heteroatoms. The molecule has 0 bridgehead atoms. The van der Waals surface area contributed by atoms with Gasteiger partial charge in [-0.25, -0.2) is 4.98 Å². The minimum Gasteiger partial charge on any atom is -0.487 e. The van der Waals surface area contributed by atoms with Gasteiger partial charge in [0.2, 0.25) is 0 Å². The smallest absolute Gasteiger partial charge is 0.145 e. The van der Waals surface area contributed by atoms with Gasteiger partial charge in [0, 0.05) is 29.0 Å². The second-order valence-corrected chi connectivity index (χ2v) is 6.55. The van der Waals surface area contributed by atoms with Crippen molar-refractivity contribution in [3.8, 4) is 5.75 Å². The number of hydrogen-bond donors (Lipinski definition) is 1. The molecule has 1 N–H and O–H groups in total. The van der Waals surface area contributed by atoms with E-state index in [4.69, 9.17) is 4.74 Å². The maximum Gasteiger partial charge on any atom is 0.145 e. The third kappa shape index (κ3) is 2.51. The van der Waals surface area contributed by atoms with E-state index in [-0.39, 0.29) is 11.5 Å². The Hall–Kier alpha value is -1.61. The van der Waals surface area contributed by atoms with Crippen LogP contribution in [0.25, 0.3) is 10.9 Å². The van der Waals surface area contributed by atoms with E-state index in [0.717, 1.165) is 35.3 Å². The summed E-state index contributed by atoms with van der Waals surface area (Å²) in [5.41, 5.74) is 2.15. The number of aryl methyl sites for hydroxylation is 1. The van der Waals surface area contributed by atoms with Gasteiger partial charge in [-0.05, 0) is 25.6 Å². The van der Waals surface area contributed by atoms with Crippen LogP contribution in [0.2, 0.25) is 0 Å². The molecule has 0 amide bonds. The first kappa shape index (κ1) is 14.3. The minimum absolute atomic E-state index is 0.155. The largest absolute Gasteiger partial charge is 0.487 e. The van der Waals surface area contributed by atoms with Gasteiger partial charge in [0.15, 0.2) is 0 Å². The fourth-order valence-corrected chi connectivity index (χ4v) is 3.14. The topological polar surface area (TPSA) is 34.1 Å². The lowest BCUT2D eigenvalue weighted by Gasteiger charge is -2.51. The van der Waals surface area contributed by atoms with Crippen LogP contribution in [0, 0.1) is 12.3 Å². The average molecular weight is 284 g/mol. The van der Waals surface area contributed by atoms with E-state index in [0.29, 0.717) is 6.04 Å². The zero-order chi connectivity index (χ0) is 15.0. The molecule has 0 radical (unpaired) electrons. The molecule has 2 atom stereocenters. The third-order valence-electron chi connectivity index (χ3n) is 4.72. The molecule has 112 valence electrons. The summed E-state index contributed by atoms with van der Waals surface area (Å²) in [5.74, 6) is 0.907. The molecule has 3 rings (SSSR count). The van der Waals surface area contributed by atoms with Crippen LogP contribution in [0.3, 0.4) is 0 Å². The maximum atomic E-state index is 6.31. The Morgan fingerprint density at radius 2 is 2.10 bits per heavy atom. The first-order chi connectivity index (χ1) is 10.0. The van der Waals surface area contributed by atoms with Crippen LogP contribution >= 0.6 is 0 Å². The van der Waals surface area contributed by atoms with Gasteiger partial charge in [0.1, 0.15) is 17.4 Å². The Morgan fingerprint density at radius 3 is 2.81 bits per heavy atom. The van der Waals surface area contributed by atoms with Gasteiger partial charge in [-0.1, -0.05) is 39.0 Å². The Kier molecular flexibility index (Phi) is 3.62. The molecule has 2 unspecified atom stereocenters. The molecule has 2 aromatic rings. The van der Waals surface area contributed by atoms with Crippen LogP contribution in [0.1, 0.15) is 32.9 Å². The van der Waals surface area contributed by atoms with Crippen molar-refractivity contribution in [3.05, 3.63) is 36.0 Å². The third-order valence-corrected chi connectivity index (χ3v) is 4.72. The summed E-state index contributed by atoms with van der Waals surface area (Å²) in [6.45, 7) is 9.73. The molecule has 21 heavy (non-hydrogen) atoms. The Bertz CT molecular complexity index is 651.